The van der Waals surface area contributed by atoms with Gasteiger partial charge in [-0.3, -0.25) is 0 Å². The molecule has 0 aliphatic carbocycles. The fourth-order valence-electron chi connectivity index (χ4n) is 3.07. The van der Waals surface area contributed by atoms with Crippen LogP contribution in [0.4, 0.5) is 0 Å². The maximum Gasteiger partial charge on any atom is 0.333 e. The molecule has 0 fully saturated rings. The molecule has 416 valence electrons. The van der Waals surface area contributed by atoms with E-state index in [1.165, 1.54) is 12.2 Å². The van der Waals surface area contributed by atoms with Crippen molar-refractivity contribution in [2.75, 3.05) is 52.9 Å². The quantitative estimate of drug-likeness (QED) is 0.0309. The lowest BCUT2D eigenvalue weighted by atomic mass is 10.3. The summed E-state index contributed by atoms with van der Waals surface area (Å²) in [6.07, 6.45) is 16.8. The molecule has 0 unspecified atom stereocenters. The van der Waals surface area contributed by atoms with Crippen LogP contribution in [0.5, 0.6) is 0 Å². The zero-order valence-electron chi connectivity index (χ0n) is 46.6. The van der Waals surface area contributed by atoms with Gasteiger partial charge in [0, 0.05) is 46.6 Å². The number of carbonyl (C=O) groups excluding carboxylic acids is 8. The number of hydrogen-bond acceptors (Lipinski definition) is 16. The zero-order chi connectivity index (χ0) is 57.6. The highest BCUT2D eigenvalue weighted by atomic mass is 16.6. The molecule has 0 aliphatic rings. The van der Waals surface area contributed by atoms with Crippen molar-refractivity contribution < 1.29 is 76.3 Å². The van der Waals surface area contributed by atoms with Crippen molar-refractivity contribution in [3.05, 3.63) is 99.2 Å². The molecule has 0 saturated heterocycles. The Kier molecular flexibility index (Phi) is 79.1. The summed E-state index contributed by atoms with van der Waals surface area (Å²) in [6, 6.07) is 0. The van der Waals surface area contributed by atoms with E-state index in [-0.39, 0.29) is 47.8 Å². The van der Waals surface area contributed by atoms with E-state index in [1.54, 1.807) is 41.5 Å². The Morgan fingerprint density at radius 2 is 0.514 bits per heavy atom. The van der Waals surface area contributed by atoms with Gasteiger partial charge in [-0.15, -0.1) is 0 Å². The van der Waals surface area contributed by atoms with E-state index in [4.69, 9.17) is 18.9 Å². The lowest BCUT2D eigenvalue weighted by Gasteiger charge is -2.02. The highest BCUT2D eigenvalue weighted by molar-refractivity contribution is 5.88. The van der Waals surface area contributed by atoms with Gasteiger partial charge in [-0.05, 0) is 80.1 Å². The molecule has 0 spiro atoms. The minimum absolute atomic E-state index is 0.277. The molecule has 0 aliphatic heterocycles. The molecule has 0 atom stereocenters. The summed E-state index contributed by atoms with van der Waals surface area (Å²) >= 11 is 0. The van der Waals surface area contributed by atoms with Crippen LogP contribution in [-0.2, 0) is 76.3 Å². The van der Waals surface area contributed by atoms with Crippen molar-refractivity contribution in [3.63, 3.8) is 0 Å². The first-order valence-electron chi connectivity index (χ1n) is 24.4. The van der Waals surface area contributed by atoms with E-state index in [0.29, 0.717) is 75.1 Å². The summed E-state index contributed by atoms with van der Waals surface area (Å²) < 4.78 is 37.4. The van der Waals surface area contributed by atoms with Crippen molar-refractivity contribution >= 4 is 47.8 Å². The van der Waals surface area contributed by atoms with Crippen molar-refractivity contribution in [1.29, 1.82) is 0 Å². The molecular weight excluding hydrogens is 929 g/mol. The van der Waals surface area contributed by atoms with Crippen molar-refractivity contribution in [2.24, 2.45) is 0 Å². The van der Waals surface area contributed by atoms with Crippen LogP contribution in [0.3, 0.4) is 0 Å². The normalized spacial score (nSPS) is 8.61. The Morgan fingerprint density at radius 3 is 0.750 bits per heavy atom. The SMILES string of the molecule is C=C(C)C(=O)OCC.C=C(C)C(=O)OCCC.C=C(C)C(=O)OCCCC.C=C(C)C(=O)OCCCCC.C=CC(=O)OCC.C=CC(=O)OCCC.C=CC(=O)OCCCC.C=CC(=O)OCCCCC. The summed E-state index contributed by atoms with van der Waals surface area (Å²) in [4.78, 5) is 83.6. The number of hydrogen-bond donors (Lipinski definition) is 0. The van der Waals surface area contributed by atoms with Crippen LogP contribution >= 0.6 is 0 Å². The van der Waals surface area contributed by atoms with Crippen molar-refractivity contribution in [3.8, 4) is 0 Å². The molecule has 0 N–H and O–H groups in total. The molecule has 0 heterocycles. The first-order valence-corrected chi connectivity index (χ1v) is 24.4. The summed E-state index contributed by atoms with van der Waals surface area (Å²) in [7, 11) is 0. The summed E-state index contributed by atoms with van der Waals surface area (Å²) in [5.41, 5.74) is 1.85. The third kappa shape index (κ3) is 86.8. The topological polar surface area (TPSA) is 210 Å². The molecule has 0 aromatic carbocycles. The van der Waals surface area contributed by atoms with Gasteiger partial charge in [0.1, 0.15) is 0 Å². The van der Waals surface area contributed by atoms with Gasteiger partial charge in [-0.25, -0.2) is 38.4 Å². The van der Waals surface area contributed by atoms with Crippen molar-refractivity contribution in [2.45, 2.75) is 160 Å². The second kappa shape index (κ2) is 68.9. The maximum absolute atomic E-state index is 10.8. The lowest BCUT2D eigenvalue weighted by Crippen LogP contribution is -2.05. The van der Waals surface area contributed by atoms with E-state index in [0.717, 1.165) is 89.2 Å². The van der Waals surface area contributed by atoms with Gasteiger partial charge in [-0.1, -0.05) is 133 Å². The Hall–Kier alpha value is -6.32. The van der Waals surface area contributed by atoms with Gasteiger partial charge in [0.25, 0.3) is 0 Å². The fourth-order valence-corrected chi connectivity index (χ4v) is 3.07. The Balaban J connectivity index is -0.000000109. The Labute approximate surface area is 435 Å². The standard InChI is InChI=1S/C9H16O2.2C8H14O2.2C7H12O2.2C6H10O2.C5H8O2/c1-4-5-6-7-11-9(10)8(2)3;1-4-5-6-10-8(9)7(2)3;1-3-5-6-7-10-8(9)4-2;1-4-5-9-7(8)6(2)3;1-3-5-6-9-7(8)4-2;1-4-8-6(7)5(2)3;1-3-5-8-6(7)4-2;1-3-5(6)7-4-2/h2,4-7H2,1,3H3;2,4-6H2,1,3H3;4H,2-3,5-7H2,1H3;2,4-5H2,1,3H3;4H,2-3,5-6H2,1H3;2,4H2,1,3H3;4H,2-3,5H2,1H3;3H,1,4H2,2H3. The second-order valence-electron chi connectivity index (χ2n) is 14.4. The molecule has 72 heavy (non-hydrogen) atoms. The minimum atomic E-state index is -0.359. The second-order valence-corrected chi connectivity index (χ2v) is 14.4. The van der Waals surface area contributed by atoms with Crippen LogP contribution in [0.1, 0.15) is 160 Å². The van der Waals surface area contributed by atoms with Gasteiger partial charge in [0.05, 0.1) is 52.9 Å². The molecule has 0 aromatic rings. The third-order valence-corrected chi connectivity index (χ3v) is 6.95. The van der Waals surface area contributed by atoms with Crippen LogP contribution in [-0.4, -0.2) is 101 Å². The molecule has 0 aromatic heterocycles. The van der Waals surface area contributed by atoms with E-state index in [9.17, 15) is 38.4 Å². The van der Waals surface area contributed by atoms with E-state index in [1.807, 2.05) is 20.8 Å². The molecule has 0 radical (unpaired) electrons. The number of esters is 8. The number of ether oxygens (including phenoxy) is 8. The van der Waals surface area contributed by atoms with Gasteiger partial charge in [0.15, 0.2) is 0 Å². The van der Waals surface area contributed by atoms with Gasteiger partial charge < -0.3 is 37.9 Å². The van der Waals surface area contributed by atoms with Gasteiger partial charge >= 0.3 is 47.8 Å². The minimum Gasteiger partial charge on any atom is -0.463 e. The Bertz CT molecular complexity index is 1520. The average Bonchev–Trinajstić information content (AvgIpc) is 3.36. The first-order chi connectivity index (χ1) is 34.0. The highest BCUT2D eigenvalue weighted by Gasteiger charge is 2.02. The molecule has 0 amide bonds. The van der Waals surface area contributed by atoms with Gasteiger partial charge in [-0.2, -0.15) is 0 Å². The smallest absolute Gasteiger partial charge is 0.333 e. The summed E-state index contributed by atoms with van der Waals surface area (Å²) in [5.74, 6) is -2.52. The van der Waals surface area contributed by atoms with Crippen LogP contribution in [0.15, 0.2) is 99.2 Å². The molecule has 16 heteroatoms. The number of rotatable bonds is 28. The monoisotopic (exact) mass is 1020 g/mol. The van der Waals surface area contributed by atoms with Crippen LogP contribution < -0.4 is 0 Å². The van der Waals surface area contributed by atoms with E-state index in [2.05, 4.69) is 92.4 Å². The van der Waals surface area contributed by atoms with Crippen LogP contribution in [0.2, 0.25) is 0 Å². The molecule has 16 nitrogen and oxygen atoms in total. The largest absolute Gasteiger partial charge is 0.463 e. The number of carbonyl (C=O) groups is 8. The summed E-state index contributed by atoms with van der Waals surface area (Å²) in [5, 5.41) is 0. The zero-order valence-corrected chi connectivity index (χ0v) is 46.6. The predicted molar refractivity (Wildman–Crippen MR) is 289 cm³/mol. The highest BCUT2D eigenvalue weighted by Crippen LogP contribution is 1.98. The predicted octanol–water partition coefficient (Wildman–Crippen LogP) is 12.1. The summed E-state index contributed by atoms with van der Waals surface area (Å²) in [6.45, 7) is 53.0. The number of unbranched alkanes of at least 4 members (excludes halogenated alkanes) is 6. The van der Waals surface area contributed by atoms with E-state index >= 15 is 0 Å². The third-order valence-electron chi connectivity index (χ3n) is 6.95. The molecule has 0 rings (SSSR count). The Morgan fingerprint density at radius 1 is 0.292 bits per heavy atom. The van der Waals surface area contributed by atoms with E-state index < -0.39 is 0 Å². The first kappa shape index (κ1) is 82.6. The lowest BCUT2D eigenvalue weighted by molar-refractivity contribution is -0.139. The van der Waals surface area contributed by atoms with Gasteiger partial charge in [0.2, 0.25) is 0 Å². The van der Waals surface area contributed by atoms with Crippen LogP contribution in [0.25, 0.3) is 0 Å². The molecule has 0 bridgehead atoms. The molecule has 0 saturated carbocycles. The van der Waals surface area contributed by atoms with Crippen molar-refractivity contribution in [1.82, 2.24) is 0 Å². The maximum atomic E-state index is 10.8. The fraction of sp³-hybridized carbons (Fsp3) is 0.571. The molecular formula is C56H96O16. The van der Waals surface area contributed by atoms with Crippen LogP contribution in [0, 0.1) is 0 Å². The average molecular weight is 1030 g/mol.